The molecule has 2 fully saturated rings. The number of aliphatic hydroxyl groups is 1. The van der Waals surface area contributed by atoms with Gasteiger partial charge in [0.2, 0.25) is 0 Å². The first-order chi connectivity index (χ1) is 5.36. The number of fused-ring (bicyclic) bond motifs is 1. The second-order valence-corrected chi connectivity index (χ2v) is 3.88. The number of aliphatic hydroxyl groups excluding tert-OH is 1. The molecule has 0 radical (unpaired) electrons. The van der Waals surface area contributed by atoms with Crippen LogP contribution in [-0.4, -0.2) is 35.2 Å². The topological polar surface area (TPSA) is 23.5 Å². The van der Waals surface area contributed by atoms with Gasteiger partial charge >= 0.3 is 0 Å². The third kappa shape index (κ3) is 1.57. The average Bonchev–Trinajstić information content (AvgIpc) is 2.04. The molecule has 0 aromatic carbocycles. The standard InChI is InChI=1S/C9H17NO/c11-9-5-4-8-3-1-2-6-10(8)7-9/h8-9,11H,1-7H2/t8?,9-/m1/s1. The predicted octanol–water partition coefficient (Wildman–Crippen LogP) is 0.996. The molecule has 1 unspecified atom stereocenters. The maximum atomic E-state index is 9.41. The first-order valence-corrected chi connectivity index (χ1v) is 4.78. The second-order valence-electron chi connectivity index (χ2n) is 3.88. The Labute approximate surface area is 68.2 Å². The Balaban J connectivity index is 1.93. The maximum Gasteiger partial charge on any atom is 0.0667 e. The van der Waals surface area contributed by atoms with Crippen molar-refractivity contribution >= 4 is 0 Å². The lowest BCUT2D eigenvalue weighted by Crippen LogP contribution is -2.47. The van der Waals surface area contributed by atoms with Crippen molar-refractivity contribution in [2.24, 2.45) is 0 Å². The molecule has 2 heteroatoms. The molecule has 1 N–H and O–H groups in total. The first kappa shape index (κ1) is 7.56. The van der Waals surface area contributed by atoms with Crippen molar-refractivity contribution in [3.8, 4) is 0 Å². The van der Waals surface area contributed by atoms with Crippen LogP contribution < -0.4 is 0 Å². The summed E-state index contributed by atoms with van der Waals surface area (Å²) in [6.07, 6.45) is 6.32. The quantitative estimate of drug-likeness (QED) is 0.564. The van der Waals surface area contributed by atoms with Crippen molar-refractivity contribution in [3.05, 3.63) is 0 Å². The van der Waals surface area contributed by atoms with Crippen molar-refractivity contribution in [3.63, 3.8) is 0 Å². The summed E-state index contributed by atoms with van der Waals surface area (Å²) in [6, 6.07) is 0.812. The van der Waals surface area contributed by atoms with Gasteiger partial charge in [-0.15, -0.1) is 0 Å². The van der Waals surface area contributed by atoms with Gasteiger partial charge in [0.25, 0.3) is 0 Å². The normalized spacial score (nSPS) is 40.1. The third-order valence-corrected chi connectivity index (χ3v) is 3.03. The minimum absolute atomic E-state index is 0.0376. The van der Waals surface area contributed by atoms with E-state index in [1.54, 1.807) is 0 Å². The number of piperidine rings is 2. The molecule has 2 heterocycles. The van der Waals surface area contributed by atoms with Crippen LogP contribution in [0.5, 0.6) is 0 Å². The summed E-state index contributed by atoms with van der Waals surface area (Å²) in [5, 5.41) is 9.41. The van der Waals surface area contributed by atoms with Gasteiger partial charge in [0.05, 0.1) is 6.10 Å². The Morgan fingerprint density at radius 3 is 2.91 bits per heavy atom. The zero-order valence-corrected chi connectivity index (χ0v) is 7.00. The molecule has 2 aliphatic rings. The lowest BCUT2D eigenvalue weighted by molar-refractivity contribution is 0.0180. The van der Waals surface area contributed by atoms with Crippen molar-refractivity contribution in [2.45, 2.75) is 44.2 Å². The highest BCUT2D eigenvalue weighted by atomic mass is 16.3. The number of hydrogen-bond donors (Lipinski definition) is 1. The van der Waals surface area contributed by atoms with Crippen LogP contribution in [0.25, 0.3) is 0 Å². The molecular formula is C9H17NO. The molecule has 2 nitrogen and oxygen atoms in total. The van der Waals surface area contributed by atoms with E-state index >= 15 is 0 Å². The maximum absolute atomic E-state index is 9.41. The van der Waals surface area contributed by atoms with E-state index in [1.807, 2.05) is 0 Å². The van der Waals surface area contributed by atoms with Gasteiger partial charge in [-0.2, -0.15) is 0 Å². The fourth-order valence-electron chi connectivity index (χ4n) is 2.37. The van der Waals surface area contributed by atoms with Crippen molar-refractivity contribution in [2.75, 3.05) is 13.1 Å². The van der Waals surface area contributed by atoms with Crippen LogP contribution in [-0.2, 0) is 0 Å². The predicted molar refractivity (Wildman–Crippen MR) is 44.5 cm³/mol. The van der Waals surface area contributed by atoms with Gasteiger partial charge in [-0.3, -0.25) is 4.90 Å². The Kier molecular flexibility index (Phi) is 2.14. The minimum atomic E-state index is -0.0376. The van der Waals surface area contributed by atoms with E-state index in [2.05, 4.69) is 4.90 Å². The summed E-state index contributed by atoms with van der Waals surface area (Å²) in [6.45, 7) is 2.16. The van der Waals surface area contributed by atoms with Gasteiger partial charge in [-0.1, -0.05) is 6.42 Å². The van der Waals surface area contributed by atoms with Crippen molar-refractivity contribution in [1.29, 1.82) is 0 Å². The van der Waals surface area contributed by atoms with Crippen LogP contribution >= 0.6 is 0 Å². The number of nitrogens with zero attached hydrogens (tertiary/aromatic N) is 1. The molecule has 64 valence electrons. The largest absolute Gasteiger partial charge is 0.392 e. The molecule has 0 amide bonds. The van der Waals surface area contributed by atoms with Crippen LogP contribution in [0.4, 0.5) is 0 Å². The summed E-state index contributed by atoms with van der Waals surface area (Å²) in [4.78, 5) is 2.47. The fraction of sp³-hybridized carbons (Fsp3) is 1.00. The molecule has 2 atom stereocenters. The molecule has 2 rings (SSSR count). The third-order valence-electron chi connectivity index (χ3n) is 3.03. The lowest BCUT2D eigenvalue weighted by Gasteiger charge is -2.41. The number of rotatable bonds is 0. The Bertz CT molecular complexity index is 138. The zero-order valence-electron chi connectivity index (χ0n) is 7.00. The van der Waals surface area contributed by atoms with E-state index in [0.29, 0.717) is 0 Å². The highest BCUT2D eigenvalue weighted by Crippen LogP contribution is 2.25. The van der Waals surface area contributed by atoms with E-state index in [4.69, 9.17) is 0 Å². The van der Waals surface area contributed by atoms with E-state index in [9.17, 15) is 5.11 Å². The molecule has 0 bridgehead atoms. The van der Waals surface area contributed by atoms with Crippen LogP contribution in [0.1, 0.15) is 32.1 Å². The molecule has 2 saturated heterocycles. The first-order valence-electron chi connectivity index (χ1n) is 4.78. The molecule has 0 aromatic rings. The van der Waals surface area contributed by atoms with Crippen LogP contribution in [0, 0.1) is 0 Å². The lowest BCUT2D eigenvalue weighted by atomic mass is 9.92. The Morgan fingerprint density at radius 2 is 2.00 bits per heavy atom. The smallest absolute Gasteiger partial charge is 0.0667 e. The fourth-order valence-corrected chi connectivity index (χ4v) is 2.37. The van der Waals surface area contributed by atoms with E-state index in [1.165, 1.54) is 32.2 Å². The average molecular weight is 155 g/mol. The minimum Gasteiger partial charge on any atom is -0.392 e. The van der Waals surface area contributed by atoms with Gasteiger partial charge in [-0.05, 0) is 32.2 Å². The highest BCUT2D eigenvalue weighted by molar-refractivity contribution is 4.83. The summed E-state index contributed by atoms with van der Waals surface area (Å²) in [7, 11) is 0. The molecule has 0 spiro atoms. The molecular weight excluding hydrogens is 138 g/mol. The summed E-state index contributed by atoms with van der Waals surface area (Å²) in [5.41, 5.74) is 0. The summed E-state index contributed by atoms with van der Waals surface area (Å²) < 4.78 is 0. The second kappa shape index (κ2) is 3.11. The molecule has 2 aliphatic heterocycles. The van der Waals surface area contributed by atoms with Crippen LogP contribution in [0.2, 0.25) is 0 Å². The zero-order chi connectivity index (χ0) is 7.68. The Hall–Kier alpha value is -0.0800. The monoisotopic (exact) mass is 155 g/mol. The van der Waals surface area contributed by atoms with Crippen molar-refractivity contribution < 1.29 is 5.11 Å². The van der Waals surface area contributed by atoms with E-state index in [-0.39, 0.29) is 6.10 Å². The molecule has 11 heavy (non-hydrogen) atoms. The molecule has 0 saturated carbocycles. The highest BCUT2D eigenvalue weighted by Gasteiger charge is 2.28. The van der Waals surface area contributed by atoms with Crippen molar-refractivity contribution in [1.82, 2.24) is 4.90 Å². The van der Waals surface area contributed by atoms with Crippen LogP contribution in [0.15, 0.2) is 0 Å². The van der Waals surface area contributed by atoms with Gasteiger partial charge < -0.3 is 5.11 Å². The van der Waals surface area contributed by atoms with E-state index in [0.717, 1.165) is 19.0 Å². The van der Waals surface area contributed by atoms with Gasteiger partial charge in [-0.25, -0.2) is 0 Å². The van der Waals surface area contributed by atoms with Gasteiger partial charge in [0, 0.05) is 12.6 Å². The summed E-state index contributed by atoms with van der Waals surface area (Å²) >= 11 is 0. The van der Waals surface area contributed by atoms with Gasteiger partial charge in [0.1, 0.15) is 0 Å². The van der Waals surface area contributed by atoms with E-state index < -0.39 is 0 Å². The SMILES string of the molecule is O[C@@H]1CCC2CCCCN2C1. The summed E-state index contributed by atoms with van der Waals surface area (Å²) in [5.74, 6) is 0. The number of hydrogen-bond acceptors (Lipinski definition) is 2. The van der Waals surface area contributed by atoms with Crippen LogP contribution in [0.3, 0.4) is 0 Å². The van der Waals surface area contributed by atoms with Gasteiger partial charge in [0.15, 0.2) is 0 Å². The molecule has 0 aliphatic carbocycles. The molecule has 0 aromatic heterocycles. The Morgan fingerprint density at radius 1 is 1.09 bits per heavy atom.